The maximum absolute atomic E-state index is 7.92. The second kappa shape index (κ2) is 5.32. The molecule has 2 heteroatoms. The van der Waals surface area contributed by atoms with Gasteiger partial charge < -0.3 is 0 Å². The molecule has 0 amide bonds. The lowest BCUT2D eigenvalue weighted by molar-refractivity contribution is 1.57. The molecule has 0 fully saturated rings. The van der Waals surface area contributed by atoms with Crippen molar-refractivity contribution in [2.75, 3.05) is 0 Å². The van der Waals surface area contributed by atoms with Gasteiger partial charge in [-0.25, -0.2) is 0 Å². The van der Waals surface area contributed by atoms with E-state index in [-0.39, 0.29) is 0 Å². The average molecular weight is 111 g/mol. The molecule has 7 heavy (non-hydrogen) atoms. The lowest BCUT2D eigenvalue weighted by Crippen LogP contribution is -1.39. The first-order chi connectivity index (χ1) is 3.41. The van der Waals surface area contributed by atoms with Crippen LogP contribution in [0.3, 0.4) is 0 Å². The van der Waals surface area contributed by atoms with Crippen LogP contribution >= 0.6 is 11.8 Å². The summed E-state index contributed by atoms with van der Waals surface area (Å²) in [7, 11) is 0. The number of nitriles is 1. The summed E-state index contributed by atoms with van der Waals surface area (Å²) in [6.45, 7) is 3.42. The molecule has 0 saturated carbocycles. The third-order valence-corrected chi connectivity index (χ3v) is 0.734. The van der Waals surface area contributed by atoms with Crippen molar-refractivity contribution in [2.24, 2.45) is 0 Å². The SMILES string of the molecule is C=C/C=C\SC#N. The second-order valence-corrected chi connectivity index (χ2v) is 1.46. The Labute approximate surface area is 47.3 Å². The van der Waals surface area contributed by atoms with Crippen molar-refractivity contribution in [3.8, 4) is 5.40 Å². The van der Waals surface area contributed by atoms with E-state index in [1.165, 1.54) is 0 Å². The quantitative estimate of drug-likeness (QED) is 0.401. The van der Waals surface area contributed by atoms with Gasteiger partial charge >= 0.3 is 0 Å². The van der Waals surface area contributed by atoms with Crippen LogP contribution < -0.4 is 0 Å². The number of thiocyanates is 1. The van der Waals surface area contributed by atoms with Gasteiger partial charge in [0.05, 0.1) is 0 Å². The Hall–Kier alpha value is -0.680. The highest BCUT2D eigenvalue weighted by Crippen LogP contribution is 1.95. The van der Waals surface area contributed by atoms with Crippen molar-refractivity contribution >= 4 is 11.8 Å². The van der Waals surface area contributed by atoms with Crippen LogP contribution in [-0.4, -0.2) is 0 Å². The Morgan fingerprint density at radius 2 is 2.43 bits per heavy atom. The van der Waals surface area contributed by atoms with Crippen LogP contribution in [0.5, 0.6) is 0 Å². The lowest BCUT2D eigenvalue weighted by atomic mass is 10.6. The molecule has 0 atom stereocenters. The zero-order chi connectivity index (χ0) is 5.54. The van der Waals surface area contributed by atoms with Gasteiger partial charge in [-0.15, -0.1) is 0 Å². The standard InChI is InChI=1S/C5H5NS/c1-2-3-4-7-5-6/h2-4H,1H2/b4-3-. The molecule has 0 aromatic carbocycles. The highest BCUT2D eigenvalue weighted by atomic mass is 32.2. The van der Waals surface area contributed by atoms with Gasteiger partial charge in [0.15, 0.2) is 0 Å². The Morgan fingerprint density at radius 3 is 2.86 bits per heavy atom. The van der Waals surface area contributed by atoms with Crippen LogP contribution in [0.25, 0.3) is 0 Å². The van der Waals surface area contributed by atoms with E-state index in [4.69, 9.17) is 5.26 Å². The molecule has 0 aromatic rings. The van der Waals surface area contributed by atoms with Gasteiger partial charge in [0, 0.05) is 0 Å². The Kier molecular flexibility index (Phi) is 4.80. The minimum absolute atomic E-state index is 1.09. The van der Waals surface area contributed by atoms with Crippen LogP contribution in [0, 0.1) is 10.7 Å². The summed E-state index contributed by atoms with van der Waals surface area (Å²) in [6, 6.07) is 0. The molecule has 0 heterocycles. The van der Waals surface area contributed by atoms with Gasteiger partial charge in [-0.05, 0) is 17.2 Å². The maximum atomic E-state index is 7.92. The van der Waals surface area contributed by atoms with Crippen LogP contribution in [0.2, 0.25) is 0 Å². The molecular weight excluding hydrogens is 106 g/mol. The Balaban J connectivity index is 3.13. The highest BCUT2D eigenvalue weighted by molar-refractivity contribution is 8.06. The third kappa shape index (κ3) is 5.32. The molecule has 0 N–H and O–H groups in total. The normalized spacial score (nSPS) is 8.43. The van der Waals surface area contributed by atoms with Crippen molar-refractivity contribution in [3.63, 3.8) is 0 Å². The first-order valence-electron chi connectivity index (χ1n) is 1.74. The fraction of sp³-hybridized carbons (Fsp3) is 0. The minimum atomic E-state index is 1.09. The first kappa shape index (κ1) is 6.32. The highest BCUT2D eigenvalue weighted by Gasteiger charge is 1.63. The summed E-state index contributed by atoms with van der Waals surface area (Å²) in [5.41, 5.74) is 0. The molecule has 0 radical (unpaired) electrons. The van der Waals surface area contributed by atoms with Gasteiger partial charge in [-0.2, -0.15) is 5.26 Å². The van der Waals surface area contributed by atoms with Crippen LogP contribution in [0.1, 0.15) is 0 Å². The molecule has 0 aliphatic carbocycles. The van der Waals surface area contributed by atoms with Gasteiger partial charge in [0.25, 0.3) is 0 Å². The molecule has 0 aromatic heterocycles. The first-order valence-corrected chi connectivity index (χ1v) is 2.62. The van der Waals surface area contributed by atoms with Crippen molar-refractivity contribution < 1.29 is 0 Å². The fourth-order valence-corrected chi connectivity index (χ4v) is 0.376. The molecule has 0 unspecified atom stereocenters. The monoisotopic (exact) mass is 111 g/mol. The van der Waals surface area contributed by atoms with Crippen molar-refractivity contribution in [3.05, 3.63) is 24.1 Å². The summed E-state index contributed by atoms with van der Waals surface area (Å²) in [5, 5.41) is 11.5. The summed E-state index contributed by atoms with van der Waals surface area (Å²) in [5.74, 6) is 0. The molecule has 0 rings (SSSR count). The number of hydrogen-bond acceptors (Lipinski definition) is 2. The summed E-state index contributed by atoms with van der Waals surface area (Å²) < 4.78 is 0. The summed E-state index contributed by atoms with van der Waals surface area (Å²) in [4.78, 5) is 0. The number of rotatable bonds is 2. The van der Waals surface area contributed by atoms with Gasteiger partial charge in [0.1, 0.15) is 5.40 Å². The number of thioether (sulfide) groups is 1. The Morgan fingerprint density at radius 1 is 1.71 bits per heavy atom. The minimum Gasteiger partial charge on any atom is -0.185 e. The molecule has 1 nitrogen and oxygen atoms in total. The topological polar surface area (TPSA) is 23.8 Å². The fourth-order valence-electron chi connectivity index (χ4n) is 0.125. The molecule has 36 valence electrons. The number of hydrogen-bond donors (Lipinski definition) is 0. The van der Waals surface area contributed by atoms with E-state index in [9.17, 15) is 0 Å². The van der Waals surface area contributed by atoms with Gasteiger partial charge in [-0.1, -0.05) is 18.7 Å². The third-order valence-electron chi connectivity index (χ3n) is 0.335. The van der Waals surface area contributed by atoms with Crippen LogP contribution in [-0.2, 0) is 0 Å². The maximum Gasteiger partial charge on any atom is 0.137 e. The van der Waals surface area contributed by atoms with Crippen LogP contribution in [0.4, 0.5) is 0 Å². The smallest absolute Gasteiger partial charge is 0.137 e. The summed E-state index contributed by atoms with van der Waals surface area (Å²) >= 11 is 1.09. The largest absolute Gasteiger partial charge is 0.185 e. The van der Waals surface area contributed by atoms with E-state index in [0.29, 0.717) is 0 Å². The van der Waals surface area contributed by atoms with E-state index < -0.39 is 0 Å². The van der Waals surface area contributed by atoms with Crippen LogP contribution in [0.15, 0.2) is 24.1 Å². The number of nitrogens with zero attached hydrogens (tertiary/aromatic N) is 1. The zero-order valence-corrected chi connectivity index (χ0v) is 4.61. The molecule has 0 saturated heterocycles. The van der Waals surface area contributed by atoms with Crippen molar-refractivity contribution in [1.82, 2.24) is 0 Å². The summed E-state index contributed by atoms with van der Waals surface area (Å²) in [6.07, 6.45) is 3.35. The molecular formula is C5H5NS. The van der Waals surface area contributed by atoms with E-state index in [2.05, 4.69) is 6.58 Å². The predicted octanol–water partition coefficient (Wildman–Crippen LogP) is 1.90. The van der Waals surface area contributed by atoms with Crippen molar-refractivity contribution in [1.29, 1.82) is 5.26 Å². The van der Waals surface area contributed by atoms with Gasteiger partial charge in [0.2, 0.25) is 0 Å². The van der Waals surface area contributed by atoms with E-state index >= 15 is 0 Å². The average Bonchev–Trinajstić information content (AvgIpc) is 1.69. The Bertz CT molecular complexity index is 110. The number of allylic oxidation sites excluding steroid dienone is 2. The molecule has 0 aliphatic rings. The lowest BCUT2D eigenvalue weighted by Gasteiger charge is -1.65. The van der Waals surface area contributed by atoms with Crippen molar-refractivity contribution in [2.45, 2.75) is 0 Å². The molecule has 0 spiro atoms. The van der Waals surface area contributed by atoms with E-state index in [0.717, 1.165) is 11.8 Å². The zero-order valence-electron chi connectivity index (χ0n) is 3.79. The van der Waals surface area contributed by atoms with Gasteiger partial charge in [-0.3, -0.25) is 0 Å². The molecule has 0 aliphatic heterocycles. The predicted molar refractivity (Wildman–Crippen MR) is 32.5 cm³/mol. The second-order valence-electron chi connectivity index (χ2n) is 0.773. The van der Waals surface area contributed by atoms with E-state index in [1.807, 2.05) is 5.40 Å². The van der Waals surface area contributed by atoms with E-state index in [1.54, 1.807) is 17.6 Å². The molecule has 0 bridgehead atoms.